The predicted molar refractivity (Wildman–Crippen MR) is 108 cm³/mol. The second-order valence-corrected chi connectivity index (χ2v) is 9.56. The quantitative estimate of drug-likeness (QED) is 0.626. The van der Waals surface area contributed by atoms with Crippen molar-refractivity contribution in [3.63, 3.8) is 0 Å². The van der Waals surface area contributed by atoms with Crippen molar-refractivity contribution in [2.24, 2.45) is 0 Å². The first-order valence-corrected chi connectivity index (χ1v) is 11.5. The van der Waals surface area contributed by atoms with Crippen LogP contribution in [0, 0.1) is 6.92 Å². The first kappa shape index (κ1) is 22.9. The van der Waals surface area contributed by atoms with Crippen LogP contribution < -0.4 is 5.32 Å². The minimum Gasteiger partial charge on any atom is -0.454 e. The molecule has 160 valence electrons. The molecular formula is C20H28N2O6S. The molecule has 1 aliphatic heterocycles. The van der Waals surface area contributed by atoms with E-state index in [1.165, 1.54) is 4.90 Å². The topological polar surface area (TPSA) is 110 Å². The van der Waals surface area contributed by atoms with E-state index in [4.69, 9.17) is 4.74 Å². The lowest BCUT2D eigenvalue weighted by Crippen LogP contribution is -2.48. The molecule has 8 nitrogen and oxygen atoms in total. The van der Waals surface area contributed by atoms with Gasteiger partial charge in [-0.25, -0.2) is 8.42 Å². The number of nitrogens with one attached hydrogen (secondary N) is 1. The van der Waals surface area contributed by atoms with Crippen LogP contribution in [0.5, 0.6) is 0 Å². The van der Waals surface area contributed by atoms with Gasteiger partial charge < -0.3 is 15.0 Å². The molecule has 2 amide bonds. The summed E-state index contributed by atoms with van der Waals surface area (Å²) in [5.74, 6) is -1.58. The normalized spacial score (nSPS) is 18.7. The molecule has 1 saturated heterocycles. The molecule has 1 N–H and O–H groups in total. The summed E-state index contributed by atoms with van der Waals surface area (Å²) in [6, 6.07) is 6.37. The molecule has 1 aromatic carbocycles. The van der Waals surface area contributed by atoms with E-state index >= 15 is 0 Å². The Kier molecular flexibility index (Phi) is 7.78. The van der Waals surface area contributed by atoms with Crippen LogP contribution in [0.25, 0.3) is 0 Å². The molecule has 1 fully saturated rings. The largest absolute Gasteiger partial charge is 0.454 e. The molecule has 1 aromatic rings. The van der Waals surface area contributed by atoms with E-state index in [-0.39, 0.29) is 24.1 Å². The molecule has 0 aliphatic carbocycles. The Morgan fingerprint density at radius 1 is 1.31 bits per heavy atom. The lowest BCUT2D eigenvalue weighted by molar-refractivity contribution is -0.153. The molecule has 1 heterocycles. The highest BCUT2D eigenvalue weighted by molar-refractivity contribution is 7.91. The lowest BCUT2D eigenvalue weighted by Gasteiger charge is -2.33. The number of rotatable bonds is 8. The van der Waals surface area contributed by atoms with Gasteiger partial charge in [0.25, 0.3) is 11.8 Å². The lowest BCUT2D eigenvalue weighted by atomic mass is 10.1. The van der Waals surface area contributed by atoms with E-state index in [0.717, 1.165) is 5.56 Å². The maximum atomic E-state index is 12.6. The van der Waals surface area contributed by atoms with E-state index in [9.17, 15) is 22.8 Å². The fourth-order valence-corrected chi connectivity index (χ4v) is 5.02. The van der Waals surface area contributed by atoms with Crippen LogP contribution in [-0.2, 0) is 24.2 Å². The summed E-state index contributed by atoms with van der Waals surface area (Å²) < 4.78 is 28.5. The van der Waals surface area contributed by atoms with Gasteiger partial charge in [0.2, 0.25) is 0 Å². The van der Waals surface area contributed by atoms with Crippen molar-refractivity contribution in [3.05, 3.63) is 35.4 Å². The third-order valence-electron chi connectivity index (χ3n) is 4.99. The summed E-state index contributed by atoms with van der Waals surface area (Å²) in [5, 5.41) is 2.46. The molecule has 0 radical (unpaired) electrons. The molecule has 1 aliphatic rings. The molecule has 0 spiro atoms. The van der Waals surface area contributed by atoms with E-state index in [2.05, 4.69) is 5.32 Å². The Morgan fingerprint density at radius 2 is 2.03 bits per heavy atom. The number of nitrogens with zero attached hydrogens (tertiary/aromatic N) is 1. The Labute approximate surface area is 171 Å². The number of amides is 2. The minimum atomic E-state index is -3.14. The first-order valence-electron chi connectivity index (χ1n) is 9.65. The number of carbonyl (C=O) groups excluding carboxylic acids is 3. The Morgan fingerprint density at radius 3 is 2.62 bits per heavy atom. The van der Waals surface area contributed by atoms with Gasteiger partial charge in [-0.05, 0) is 38.8 Å². The van der Waals surface area contributed by atoms with Crippen LogP contribution in [0.3, 0.4) is 0 Å². The molecule has 29 heavy (non-hydrogen) atoms. The molecule has 0 aromatic heterocycles. The van der Waals surface area contributed by atoms with Gasteiger partial charge in [-0.1, -0.05) is 24.6 Å². The predicted octanol–water partition coefficient (Wildman–Crippen LogP) is 1.08. The number of hydrogen-bond acceptors (Lipinski definition) is 6. The van der Waals surface area contributed by atoms with Gasteiger partial charge in [-0.15, -0.1) is 0 Å². The zero-order valence-electron chi connectivity index (χ0n) is 17.0. The van der Waals surface area contributed by atoms with E-state index in [0.29, 0.717) is 18.4 Å². The number of hydrogen-bond donors (Lipinski definition) is 1. The van der Waals surface area contributed by atoms with Crippen LogP contribution in [0.1, 0.15) is 42.6 Å². The summed E-state index contributed by atoms with van der Waals surface area (Å²) in [6.07, 6.45) is 1.04. The Balaban J connectivity index is 1.87. The Bertz CT molecular complexity index is 867. The second kappa shape index (κ2) is 9.87. The molecule has 2 rings (SSSR count). The van der Waals surface area contributed by atoms with Gasteiger partial charge in [-0.2, -0.15) is 0 Å². The van der Waals surface area contributed by atoms with Crippen molar-refractivity contribution in [1.29, 1.82) is 0 Å². The molecule has 0 bridgehead atoms. The molecule has 9 heteroatoms. The van der Waals surface area contributed by atoms with Crippen molar-refractivity contribution in [3.8, 4) is 0 Å². The van der Waals surface area contributed by atoms with Crippen LogP contribution >= 0.6 is 0 Å². The summed E-state index contributed by atoms with van der Waals surface area (Å²) in [4.78, 5) is 38.1. The van der Waals surface area contributed by atoms with Crippen molar-refractivity contribution in [1.82, 2.24) is 10.2 Å². The number of aryl methyl sites for hydroxylation is 1. The first-order chi connectivity index (χ1) is 13.6. The van der Waals surface area contributed by atoms with E-state index < -0.39 is 40.3 Å². The zero-order valence-corrected chi connectivity index (χ0v) is 17.8. The third kappa shape index (κ3) is 6.56. The van der Waals surface area contributed by atoms with Crippen LogP contribution in [0.15, 0.2) is 24.3 Å². The average Bonchev–Trinajstić information content (AvgIpc) is 3.03. The zero-order chi connectivity index (χ0) is 21.6. The molecule has 0 unspecified atom stereocenters. The molecule has 2 atom stereocenters. The summed E-state index contributed by atoms with van der Waals surface area (Å²) in [6.45, 7) is 4.75. The smallest absolute Gasteiger partial charge is 0.325 e. The third-order valence-corrected chi connectivity index (χ3v) is 6.74. The summed E-state index contributed by atoms with van der Waals surface area (Å²) in [5.41, 5.74) is 1.35. The SMILES string of the molecule is CC[C@@H](C)N(C(=O)COC(=O)CNC(=O)c1cccc(C)c1)[C@H]1CCS(=O)(=O)C1. The highest BCUT2D eigenvalue weighted by atomic mass is 32.2. The molecule has 0 saturated carbocycles. The number of esters is 1. The van der Waals surface area contributed by atoms with Crippen molar-refractivity contribution in [2.45, 2.75) is 45.7 Å². The Hall–Kier alpha value is -2.42. The maximum absolute atomic E-state index is 12.6. The van der Waals surface area contributed by atoms with Gasteiger partial charge >= 0.3 is 5.97 Å². The summed E-state index contributed by atoms with van der Waals surface area (Å²) in [7, 11) is -3.14. The second-order valence-electron chi connectivity index (χ2n) is 7.33. The van der Waals surface area contributed by atoms with Crippen molar-refractivity contribution in [2.75, 3.05) is 24.7 Å². The van der Waals surface area contributed by atoms with E-state index in [1.807, 2.05) is 26.8 Å². The fourth-order valence-electron chi connectivity index (χ4n) is 3.31. The highest BCUT2D eigenvalue weighted by Crippen LogP contribution is 2.21. The number of sulfone groups is 1. The van der Waals surface area contributed by atoms with Crippen molar-refractivity contribution < 1.29 is 27.5 Å². The van der Waals surface area contributed by atoms with Crippen LogP contribution in [0.4, 0.5) is 0 Å². The maximum Gasteiger partial charge on any atom is 0.325 e. The summed E-state index contributed by atoms with van der Waals surface area (Å²) >= 11 is 0. The molecular weight excluding hydrogens is 396 g/mol. The van der Waals surface area contributed by atoms with Gasteiger partial charge in [0, 0.05) is 17.6 Å². The van der Waals surface area contributed by atoms with Gasteiger partial charge in [0.05, 0.1) is 11.5 Å². The number of carbonyl (C=O) groups is 3. The number of ether oxygens (including phenoxy) is 1. The standard InChI is InChI=1S/C20H28N2O6S/c1-4-15(3)22(17-8-9-29(26,27)13-17)18(23)12-28-19(24)11-21-20(25)16-7-5-6-14(2)10-16/h5-7,10,15,17H,4,8-9,11-13H2,1-3H3,(H,21,25)/t15-,17+/m1/s1. The van der Waals surface area contributed by atoms with Crippen LogP contribution in [-0.4, -0.2) is 67.8 Å². The monoisotopic (exact) mass is 424 g/mol. The number of benzene rings is 1. The average molecular weight is 425 g/mol. The minimum absolute atomic E-state index is 0.0582. The van der Waals surface area contributed by atoms with Crippen molar-refractivity contribution >= 4 is 27.6 Å². The van der Waals surface area contributed by atoms with Crippen LogP contribution in [0.2, 0.25) is 0 Å². The van der Waals surface area contributed by atoms with Gasteiger partial charge in [-0.3, -0.25) is 14.4 Å². The fraction of sp³-hybridized carbons (Fsp3) is 0.550. The highest BCUT2D eigenvalue weighted by Gasteiger charge is 2.36. The van der Waals surface area contributed by atoms with Gasteiger partial charge in [0.15, 0.2) is 16.4 Å². The van der Waals surface area contributed by atoms with E-state index in [1.54, 1.807) is 18.2 Å². The van der Waals surface area contributed by atoms with Gasteiger partial charge in [0.1, 0.15) is 6.54 Å².